The lowest BCUT2D eigenvalue weighted by Crippen LogP contribution is -2.50. The number of allylic oxidation sites excluding steroid dienone is 2. The topological polar surface area (TPSA) is 92.8 Å². The van der Waals surface area contributed by atoms with Crippen molar-refractivity contribution in [3.8, 4) is 0 Å². The van der Waals surface area contributed by atoms with E-state index in [0.29, 0.717) is 0 Å². The van der Waals surface area contributed by atoms with Crippen LogP contribution in [0.1, 0.15) is 20.3 Å². The zero-order chi connectivity index (χ0) is 22.4. The van der Waals surface area contributed by atoms with Crippen LogP contribution in [0, 0.1) is 29.6 Å². The molecule has 2 bridgehead atoms. The summed E-state index contributed by atoms with van der Waals surface area (Å²) in [5.41, 5.74) is 0.288. The van der Waals surface area contributed by atoms with Gasteiger partial charge in [-0.3, -0.25) is 19.3 Å². The molecule has 1 heterocycles. The van der Waals surface area contributed by atoms with Crippen molar-refractivity contribution in [2.75, 3.05) is 11.9 Å². The quantitative estimate of drug-likeness (QED) is 0.396. The first-order valence-electron chi connectivity index (χ1n) is 10.2. The highest BCUT2D eigenvalue weighted by atomic mass is 35.5. The molecule has 0 aromatic heterocycles. The maximum Gasteiger partial charge on any atom is 0.330 e. The molecule has 0 radical (unpaired) electrons. The average molecular weight is 465 g/mol. The molecule has 1 aromatic rings. The van der Waals surface area contributed by atoms with Gasteiger partial charge in [0.2, 0.25) is 11.8 Å². The molecule has 4 rings (SSSR count). The fourth-order valence-corrected chi connectivity index (χ4v) is 5.23. The lowest BCUT2D eigenvalue weighted by atomic mass is 9.85. The van der Waals surface area contributed by atoms with E-state index in [2.05, 4.69) is 5.32 Å². The highest BCUT2D eigenvalue weighted by molar-refractivity contribution is 6.44. The maximum absolute atomic E-state index is 13.0. The zero-order valence-electron chi connectivity index (χ0n) is 17.0. The fraction of sp³-hybridized carbons (Fsp3) is 0.455. The van der Waals surface area contributed by atoms with Gasteiger partial charge in [-0.1, -0.05) is 55.3 Å². The number of nitrogens with zero attached hydrogens (tertiary/aromatic N) is 1. The van der Waals surface area contributed by atoms with Crippen molar-refractivity contribution < 1.29 is 23.9 Å². The van der Waals surface area contributed by atoms with Gasteiger partial charge in [0.1, 0.15) is 6.04 Å². The predicted octanol–water partition coefficient (Wildman–Crippen LogP) is 3.31. The standard InChI is InChI=1S/C22H22Cl2N2O5/c1-10(2)19(26-20(28)16-11-6-7-12(8-11)17(16)21(26)29)22(30)31-9-15(27)25-14-5-3-4-13(23)18(14)24/h3-7,10-12,16-17,19H,8-9H2,1-2H3,(H,25,27)/t11-,12-,16-,17+,19+/m0/s1. The molecule has 1 saturated carbocycles. The van der Waals surface area contributed by atoms with Crippen LogP contribution in [0.3, 0.4) is 0 Å². The number of imide groups is 1. The number of anilines is 1. The first-order valence-corrected chi connectivity index (χ1v) is 10.9. The van der Waals surface area contributed by atoms with E-state index in [1.165, 1.54) is 0 Å². The van der Waals surface area contributed by atoms with Gasteiger partial charge >= 0.3 is 5.97 Å². The first kappa shape index (κ1) is 21.8. The maximum atomic E-state index is 13.0. The van der Waals surface area contributed by atoms with E-state index in [9.17, 15) is 19.2 Å². The summed E-state index contributed by atoms with van der Waals surface area (Å²) in [6.07, 6.45) is 4.80. The Labute approximate surface area is 189 Å². The first-order chi connectivity index (χ1) is 14.7. The summed E-state index contributed by atoms with van der Waals surface area (Å²) in [6.45, 7) is 2.89. The summed E-state index contributed by atoms with van der Waals surface area (Å²) in [5.74, 6) is -3.11. The van der Waals surface area contributed by atoms with Crippen LogP contribution in [0.15, 0.2) is 30.4 Å². The molecule has 164 valence electrons. The van der Waals surface area contributed by atoms with E-state index in [4.69, 9.17) is 27.9 Å². The summed E-state index contributed by atoms with van der Waals surface area (Å²) < 4.78 is 5.18. The average Bonchev–Trinajstić information content (AvgIpc) is 3.40. The van der Waals surface area contributed by atoms with Crippen LogP contribution in [-0.4, -0.2) is 41.2 Å². The van der Waals surface area contributed by atoms with E-state index in [-0.39, 0.29) is 45.3 Å². The second kappa shape index (κ2) is 8.28. The number of rotatable bonds is 6. The second-order valence-electron chi connectivity index (χ2n) is 8.49. The van der Waals surface area contributed by atoms with Crippen LogP contribution in [0.2, 0.25) is 10.0 Å². The number of hydrogen-bond acceptors (Lipinski definition) is 5. The van der Waals surface area contributed by atoms with Crippen LogP contribution in [0.5, 0.6) is 0 Å². The van der Waals surface area contributed by atoms with Gasteiger partial charge in [-0.05, 0) is 36.3 Å². The Morgan fingerprint density at radius 3 is 2.32 bits per heavy atom. The number of ether oxygens (including phenoxy) is 1. The minimum Gasteiger partial charge on any atom is -0.454 e. The van der Waals surface area contributed by atoms with Crippen molar-refractivity contribution in [3.05, 3.63) is 40.4 Å². The summed E-state index contributed by atoms with van der Waals surface area (Å²) in [4.78, 5) is 52.2. The molecule has 2 aliphatic carbocycles. The van der Waals surface area contributed by atoms with Crippen molar-refractivity contribution in [1.82, 2.24) is 4.90 Å². The molecule has 3 amide bonds. The Kier molecular flexibility index (Phi) is 5.83. The monoisotopic (exact) mass is 464 g/mol. The zero-order valence-corrected chi connectivity index (χ0v) is 18.5. The van der Waals surface area contributed by atoms with E-state index in [1.807, 2.05) is 12.2 Å². The van der Waals surface area contributed by atoms with Gasteiger partial charge in [-0.25, -0.2) is 4.79 Å². The number of halogens is 2. The molecule has 1 aliphatic heterocycles. The Morgan fingerprint density at radius 2 is 1.74 bits per heavy atom. The van der Waals surface area contributed by atoms with Gasteiger partial charge in [-0.15, -0.1) is 0 Å². The summed E-state index contributed by atoms with van der Waals surface area (Å²) in [7, 11) is 0. The van der Waals surface area contributed by atoms with Gasteiger partial charge in [0, 0.05) is 0 Å². The van der Waals surface area contributed by atoms with Gasteiger partial charge in [0.15, 0.2) is 6.61 Å². The molecule has 1 aromatic carbocycles. The second-order valence-corrected chi connectivity index (χ2v) is 9.28. The number of likely N-dealkylation sites (tertiary alicyclic amines) is 1. The van der Waals surface area contributed by atoms with Crippen LogP contribution >= 0.6 is 23.2 Å². The van der Waals surface area contributed by atoms with Crippen molar-refractivity contribution >= 4 is 52.6 Å². The number of carbonyl (C=O) groups excluding carboxylic acids is 4. The van der Waals surface area contributed by atoms with Gasteiger partial charge < -0.3 is 10.1 Å². The van der Waals surface area contributed by atoms with Gasteiger partial charge in [-0.2, -0.15) is 0 Å². The largest absolute Gasteiger partial charge is 0.454 e. The van der Waals surface area contributed by atoms with Gasteiger partial charge in [0.05, 0.1) is 27.6 Å². The molecule has 9 heteroatoms. The predicted molar refractivity (Wildman–Crippen MR) is 114 cm³/mol. The highest BCUT2D eigenvalue weighted by Gasteiger charge is 2.61. The molecule has 0 spiro atoms. The van der Waals surface area contributed by atoms with E-state index in [0.717, 1.165) is 11.3 Å². The molecule has 1 N–H and O–H groups in total. The fourth-order valence-electron chi connectivity index (χ4n) is 4.88. The van der Waals surface area contributed by atoms with E-state index >= 15 is 0 Å². The molecular weight excluding hydrogens is 443 g/mol. The third-order valence-electron chi connectivity index (χ3n) is 6.23. The number of benzene rings is 1. The Hall–Kier alpha value is -2.38. The number of carbonyl (C=O) groups is 4. The van der Waals surface area contributed by atoms with Crippen LogP contribution in [0.4, 0.5) is 5.69 Å². The molecule has 7 nitrogen and oxygen atoms in total. The van der Waals surface area contributed by atoms with E-state index in [1.54, 1.807) is 32.0 Å². The summed E-state index contributed by atoms with van der Waals surface area (Å²) >= 11 is 12.0. The Balaban J connectivity index is 1.43. The summed E-state index contributed by atoms with van der Waals surface area (Å²) in [6, 6.07) is 3.68. The van der Waals surface area contributed by atoms with E-state index < -0.39 is 36.4 Å². The number of hydrogen-bond donors (Lipinski definition) is 1. The molecule has 2 fully saturated rings. The SMILES string of the molecule is CC(C)[C@H](C(=O)OCC(=O)Nc1cccc(Cl)c1Cl)N1C(=O)[C@@H]2[C@H](C1=O)[C@H]1C=C[C@H]2C1. The number of nitrogens with one attached hydrogen (secondary N) is 1. The number of amides is 3. The molecule has 5 atom stereocenters. The number of esters is 1. The van der Waals surface area contributed by atoms with Crippen molar-refractivity contribution in [3.63, 3.8) is 0 Å². The lowest BCUT2D eigenvalue weighted by molar-refractivity contribution is -0.162. The lowest BCUT2D eigenvalue weighted by Gasteiger charge is -2.28. The molecule has 31 heavy (non-hydrogen) atoms. The Morgan fingerprint density at radius 1 is 1.13 bits per heavy atom. The van der Waals surface area contributed by atoms with Crippen LogP contribution in [-0.2, 0) is 23.9 Å². The molecular formula is C22H22Cl2N2O5. The van der Waals surface area contributed by atoms with Crippen molar-refractivity contribution in [2.24, 2.45) is 29.6 Å². The minimum atomic E-state index is -1.08. The normalized spacial score (nSPS) is 27.1. The highest BCUT2D eigenvalue weighted by Crippen LogP contribution is 2.53. The third kappa shape index (κ3) is 3.74. The van der Waals surface area contributed by atoms with Crippen LogP contribution in [0.25, 0.3) is 0 Å². The third-order valence-corrected chi connectivity index (χ3v) is 7.05. The molecule has 3 aliphatic rings. The van der Waals surface area contributed by atoms with Crippen molar-refractivity contribution in [1.29, 1.82) is 0 Å². The smallest absolute Gasteiger partial charge is 0.330 e. The summed E-state index contributed by atoms with van der Waals surface area (Å²) in [5, 5.41) is 2.97. The van der Waals surface area contributed by atoms with Crippen LogP contribution < -0.4 is 5.32 Å². The molecule has 0 unspecified atom stereocenters. The molecule has 1 saturated heterocycles. The van der Waals surface area contributed by atoms with Crippen molar-refractivity contribution in [2.45, 2.75) is 26.3 Å². The number of fused-ring (bicyclic) bond motifs is 5. The Bertz CT molecular complexity index is 962. The minimum absolute atomic E-state index is 0.0495. The van der Waals surface area contributed by atoms with Gasteiger partial charge in [0.25, 0.3) is 5.91 Å².